The fraction of sp³-hybridized carbons (Fsp3) is 0.364. The molecule has 0 spiro atoms. The van der Waals surface area contributed by atoms with Crippen molar-refractivity contribution in [2.45, 2.75) is 39.4 Å². The lowest BCUT2D eigenvalue weighted by Crippen LogP contribution is -2.48. The summed E-state index contributed by atoms with van der Waals surface area (Å²) in [5.41, 5.74) is 1.67. The number of hydrogen-bond donors (Lipinski definition) is 2. The molecule has 0 aliphatic rings. The number of rotatable bonds is 7. The van der Waals surface area contributed by atoms with Crippen LogP contribution < -0.4 is 10.6 Å². The van der Waals surface area contributed by atoms with Gasteiger partial charge < -0.3 is 15.5 Å². The van der Waals surface area contributed by atoms with Gasteiger partial charge in [0.1, 0.15) is 0 Å². The Morgan fingerprint density at radius 3 is 2.27 bits per heavy atom. The number of nitrogens with one attached hydrogen (secondary N) is 2. The van der Waals surface area contributed by atoms with E-state index in [1.165, 1.54) is 12.1 Å². The molecule has 0 atom stereocenters. The average Bonchev–Trinajstić information content (AvgIpc) is 2.67. The van der Waals surface area contributed by atoms with Crippen molar-refractivity contribution in [3.63, 3.8) is 0 Å². The summed E-state index contributed by atoms with van der Waals surface area (Å²) < 4.78 is 0. The largest absolute Gasteiger partial charge is 0.352 e. The molecule has 8 nitrogen and oxygen atoms in total. The quantitative estimate of drug-likeness (QED) is 0.316. The summed E-state index contributed by atoms with van der Waals surface area (Å²) >= 11 is 0. The van der Waals surface area contributed by atoms with E-state index in [9.17, 15) is 14.9 Å². The molecule has 0 radical (unpaired) electrons. The maximum absolute atomic E-state index is 12.3. The van der Waals surface area contributed by atoms with Gasteiger partial charge in [-0.3, -0.25) is 14.9 Å². The van der Waals surface area contributed by atoms with Crippen molar-refractivity contribution in [3.8, 4) is 0 Å². The first-order chi connectivity index (χ1) is 14.1. The summed E-state index contributed by atoms with van der Waals surface area (Å²) in [7, 11) is 1.80. The van der Waals surface area contributed by atoms with E-state index in [0.29, 0.717) is 19.0 Å². The van der Waals surface area contributed by atoms with Gasteiger partial charge in [-0.05, 0) is 31.9 Å². The molecule has 0 unspecified atom stereocenters. The van der Waals surface area contributed by atoms with Gasteiger partial charge in [-0.2, -0.15) is 0 Å². The zero-order valence-corrected chi connectivity index (χ0v) is 17.9. The van der Waals surface area contributed by atoms with Gasteiger partial charge in [-0.15, -0.1) is 0 Å². The van der Waals surface area contributed by atoms with Gasteiger partial charge in [0.05, 0.1) is 18.0 Å². The number of hydrogen-bond acceptors (Lipinski definition) is 4. The lowest BCUT2D eigenvalue weighted by molar-refractivity contribution is -0.384. The van der Waals surface area contributed by atoms with Crippen molar-refractivity contribution in [2.75, 3.05) is 13.6 Å². The van der Waals surface area contributed by atoms with Crippen molar-refractivity contribution < 1.29 is 9.72 Å². The third kappa shape index (κ3) is 7.90. The van der Waals surface area contributed by atoms with Crippen LogP contribution in [0.5, 0.6) is 0 Å². The predicted octanol–water partition coefficient (Wildman–Crippen LogP) is 3.09. The maximum atomic E-state index is 12.3. The number of carbonyl (C=O) groups excluding carboxylic acids is 1. The Bertz CT molecular complexity index is 874. The highest BCUT2D eigenvalue weighted by Gasteiger charge is 2.17. The maximum Gasteiger partial charge on any atom is 0.269 e. The monoisotopic (exact) mass is 411 g/mol. The molecule has 8 heteroatoms. The Balaban J connectivity index is 2.09. The van der Waals surface area contributed by atoms with Gasteiger partial charge in [0, 0.05) is 31.3 Å². The fourth-order valence-electron chi connectivity index (χ4n) is 2.73. The molecule has 1 amide bonds. The topological polar surface area (TPSA) is 99.9 Å². The van der Waals surface area contributed by atoms with Gasteiger partial charge in [0.2, 0.25) is 5.91 Å². The van der Waals surface area contributed by atoms with E-state index in [1.807, 2.05) is 51.1 Å². The number of non-ortho nitro benzene ring substituents is 1. The van der Waals surface area contributed by atoms with E-state index in [1.54, 1.807) is 24.1 Å². The molecule has 0 heterocycles. The molecule has 0 saturated heterocycles. The Hall–Kier alpha value is -3.42. The van der Waals surface area contributed by atoms with Crippen LogP contribution >= 0.6 is 0 Å². The second kappa shape index (κ2) is 10.4. The number of guanidine groups is 1. The number of nitrogens with zero attached hydrogens (tertiary/aromatic N) is 3. The van der Waals surface area contributed by atoms with Gasteiger partial charge in [-0.1, -0.05) is 42.5 Å². The van der Waals surface area contributed by atoms with Crippen LogP contribution in [0.3, 0.4) is 0 Å². The number of nitro benzene ring substituents is 1. The summed E-state index contributed by atoms with van der Waals surface area (Å²) in [6.07, 6.45) is 0. The fourth-order valence-corrected chi connectivity index (χ4v) is 2.73. The zero-order chi connectivity index (χ0) is 22.1. The van der Waals surface area contributed by atoms with Crippen molar-refractivity contribution >= 4 is 17.6 Å². The number of benzene rings is 2. The standard InChI is InChI=1S/C22H29N5O3/c1-22(2,3)25-20(28)16-26(4)21(23-14-17-8-6-5-7-9-17)24-15-18-10-12-19(13-11-18)27(29)30/h5-13H,14-16H2,1-4H3,(H,23,24)(H,25,28). The van der Waals surface area contributed by atoms with Crippen LogP contribution in [0.1, 0.15) is 31.9 Å². The van der Waals surface area contributed by atoms with Gasteiger partial charge in [-0.25, -0.2) is 4.99 Å². The Kier molecular flexibility index (Phi) is 7.91. The van der Waals surface area contributed by atoms with Crippen LogP contribution in [-0.2, 0) is 17.9 Å². The summed E-state index contributed by atoms with van der Waals surface area (Å²) in [4.78, 5) is 29.1. The van der Waals surface area contributed by atoms with Crippen molar-refractivity contribution in [2.24, 2.45) is 4.99 Å². The highest BCUT2D eigenvalue weighted by Crippen LogP contribution is 2.12. The Labute approximate surface area is 177 Å². The molecule has 30 heavy (non-hydrogen) atoms. The molecule has 0 aromatic heterocycles. The second-order valence-corrected chi connectivity index (χ2v) is 8.06. The van der Waals surface area contributed by atoms with E-state index in [0.717, 1.165) is 11.1 Å². The first-order valence-corrected chi connectivity index (χ1v) is 9.72. The van der Waals surface area contributed by atoms with Crippen molar-refractivity contribution in [1.29, 1.82) is 0 Å². The van der Waals surface area contributed by atoms with E-state index in [4.69, 9.17) is 0 Å². The minimum atomic E-state index is -0.425. The smallest absolute Gasteiger partial charge is 0.269 e. The number of amides is 1. The molecule has 0 saturated carbocycles. The van der Waals surface area contributed by atoms with E-state index in [-0.39, 0.29) is 23.7 Å². The lowest BCUT2D eigenvalue weighted by Gasteiger charge is -2.25. The molecule has 2 N–H and O–H groups in total. The van der Waals surface area contributed by atoms with Gasteiger partial charge in [0.25, 0.3) is 5.69 Å². The lowest BCUT2D eigenvalue weighted by atomic mass is 10.1. The number of aliphatic imine (C=N–C) groups is 1. The van der Waals surface area contributed by atoms with E-state index < -0.39 is 4.92 Å². The Morgan fingerprint density at radius 2 is 1.70 bits per heavy atom. The van der Waals surface area contributed by atoms with Crippen molar-refractivity contribution in [3.05, 3.63) is 75.8 Å². The minimum absolute atomic E-state index is 0.0488. The molecule has 0 aliphatic carbocycles. The van der Waals surface area contributed by atoms with Crippen molar-refractivity contribution in [1.82, 2.24) is 15.5 Å². The molecular weight excluding hydrogens is 382 g/mol. The van der Waals surface area contributed by atoms with Crippen LogP contribution in [0.4, 0.5) is 5.69 Å². The molecule has 2 aromatic rings. The Morgan fingerprint density at radius 1 is 1.07 bits per heavy atom. The average molecular weight is 412 g/mol. The zero-order valence-electron chi connectivity index (χ0n) is 17.9. The number of carbonyl (C=O) groups is 1. The van der Waals surface area contributed by atoms with Crippen LogP contribution in [0, 0.1) is 10.1 Å². The summed E-state index contributed by atoms with van der Waals surface area (Å²) in [5, 5.41) is 17.0. The molecule has 0 aliphatic heterocycles. The second-order valence-electron chi connectivity index (χ2n) is 8.06. The molecule has 160 valence electrons. The third-order valence-electron chi connectivity index (χ3n) is 4.11. The SMILES string of the molecule is CN(CC(=O)NC(C)(C)C)C(=NCc1ccccc1)NCc1ccc([N+](=O)[O-])cc1. The number of nitro groups is 1. The van der Waals surface area contributed by atoms with E-state index >= 15 is 0 Å². The first kappa shape index (κ1) is 22.9. The van der Waals surface area contributed by atoms with Crippen LogP contribution in [0.25, 0.3) is 0 Å². The molecule has 2 rings (SSSR count). The molecule has 0 fully saturated rings. The summed E-state index contributed by atoms with van der Waals surface area (Å²) in [6.45, 7) is 6.84. The van der Waals surface area contributed by atoms with Crippen LogP contribution in [0.2, 0.25) is 0 Å². The first-order valence-electron chi connectivity index (χ1n) is 9.72. The summed E-state index contributed by atoms with van der Waals surface area (Å²) in [5.74, 6) is 0.468. The van der Waals surface area contributed by atoms with E-state index in [2.05, 4.69) is 15.6 Å². The van der Waals surface area contributed by atoms with Gasteiger partial charge >= 0.3 is 0 Å². The molecule has 0 bridgehead atoms. The normalized spacial score (nSPS) is 11.7. The van der Waals surface area contributed by atoms with Crippen LogP contribution in [-0.4, -0.2) is 40.8 Å². The minimum Gasteiger partial charge on any atom is -0.352 e. The highest BCUT2D eigenvalue weighted by atomic mass is 16.6. The summed E-state index contributed by atoms with van der Waals surface area (Å²) in [6, 6.07) is 16.2. The van der Waals surface area contributed by atoms with Crippen LogP contribution in [0.15, 0.2) is 59.6 Å². The third-order valence-corrected chi connectivity index (χ3v) is 4.11. The number of likely N-dealkylation sites (N-methyl/N-ethyl adjacent to an activating group) is 1. The predicted molar refractivity (Wildman–Crippen MR) is 118 cm³/mol. The highest BCUT2D eigenvalue weighted by molar-refractivity contribution is 5.86. The molecular formula is C22H29N5O3. The molecule has 2 aromatic carbocycles. The van der Waals surface area contributed by atoms with Gasteiger partial charge in [0.15, 0.2) is 5.96 Å².